The van der Waals surface area contributed by atoms with Gasteiger partial charge in [0.15, 0.2) is 0 Å². The SMILES string of the molecule is CC(C)NS(=O)(=O)Nc1ccc(-c2cc(-c3ccnc(C(C)(C)COC(=O)[C@H](C)N)c3)cs2)c(Cl)c1. The van der Waals surface area contributed by atoms with E-state index in [2.05, 4.69) is 14.4 Å². The van der Waals surface area contributed by atoms with E-state index in [1.165, 1.54) is 11.3 Å². The molecule has 194 valence electrons. The van der Waals surface area contributed by atoms with Gasteiger partial charge in [0.05, 0.1) is 10.7 Å². The van der Waals surface area contributed by atoms with Crippen LogP contribution in [0.25, 0.3) is 21.6 Å². The summed E-state index contributed by atoms with van der Waals surface area (Å²) in [6.45, 7) is 9.15. The number of carbonyl (C=O) groups excluding carboxylic acids is 1. The highest BCUT2D eigenvalue weighted by Crippen LogP contribution is 2.38. The fourth-order valence-corrected chi connectivity index (χ4v) is 5.75. The Labute approximate surface area is 221 Å². The van der Waals surface area contributed by atoms with Crippen LogP contribution in [0.2, 0.25) is 5.02 Å². The molecule has 0 aliphatic carbocycles. The van der Waals surface area contributed by atoms with Crippen molar-refractivity contribution in [3.05, 3.63) is 58.7 Å². The van der Waals surface area contributed by atoms with Crippen LogP contribution >= 0.6 is 22.9 Å². The van der Waals surface area contributed by atoms with Crippen molar-refractivity contribution < 1.29 is 17.9 Å². The second-order valence-electron chi connectivity index (χ2n) is 9.48. The third-order valence-electron chi connectivity index (χ3n) is 5.21. The summed E-state index contributed by atoms with van der Waals surface area (Å²) in [4.78, 5) is 17.2. The Hall–Kier alpha value is -2.50. The van der Waals surface area contributed by atoms with Crippen molar-refractivity contribution in [1.29, 1.82) is 0 Å². The Balaban J connectivity index is 1.80. The average molecular weight is 551 g/mol. The van der Waals surface area contributed by atoms with Crippen molar-refractivity contribution in [2.45, 2.75) is 52.1 Å². The van der Waals surface area contributed by atoms with Gasteiger partial charge in [0, 0.05) is 33.8 Å². The molecule has 11 heteroatoms. The molecule has 0 fully saturated rings. The van der Waals surface area contributed by atoms with Gasteiger partial charge in [0.25, 0.3) is 10.2 Å². The summed E-state index contributed by atoms with van der Waals surface area (Å²) in [5.74, 6) is -0.450. The number of pyridine rings is 1. The van der Waals surface area contributed by atoms with Crippen LogP contribution in [0.3, 0.4) is 0 Å². The molecule has 0 amide bonds. The van der Waals surface area contributed by atoms with Gasteiger partial charge in [0.1, 0.15) is 12.6 Å². The quantitative estimate of drug-likeness (QED) is 0.307. The number of thiophene rings is 1. The number of carbonyl (C=O) groups is 1. The molecule has 0 unspecified atom stereocenters. The third kappa shape index (κ3) is 7.27. The van der Waals surface area contributed by atoms with E-state index >= 15 is 0 Å². The summed E-state index contributed by atoms with van der Waals surface area (Å²) >= 11 is 8.04. The molecule has 8 nitrogen and oxygen atoms in total. The van der Waals surface area contributed by atoms with Crippen molar-refractivity contribution in [3.63, 3.8) is 0 Å². The summed E-state index contributed by atoms with van der Waals surface area (Å²) in [6, 6.07) is 10.1. The molecular weight excluding hydrogens is 520 g/mol. The van der Waals surface area contributed by atoms with Gasteiger partial charge in [-0.3, -0.25) is 14.5 Å². The molecule has 0 saturated carbocycles. The molecular formula is C25H31ClN4O4S2. The number of nitrogens with one attached hydrogen (secondary N) is 2. The van der Waals surface area contributed by atoms with Gasteiger partial charge in [-0.25, -0.2) is 0 Å². The number of anilines is 1. The van der Waals surface area contributed by atoms with Crippen LogP contribution in [0, 0.1) is 0 Å². The second kappa shape index (κ2) is 11.3. The van der Waals surface area contributed by atoms with E-state index in [4.69, 9.17) is 22.1 Å². The molecule has 0 spiro atoms. The van der Waals surface area contributed by atoms with Crippen molar-refractivity contribution >= 4 is 44.8 Å². The Kier molecular flexibility index (Phi) is 8.79. The van der Waals surface area contributed by atoms with E-state index in [-0.39, 0.29) is 12.6 Å². The topological polar surface area (TPSA) is 123 Å². The predicted molar refractivity (Wildman–Crippen MR) is 146 cm³/mol. The van der Waals surface area contributed by atoms with Gasteiger partial charge < -0.3 is 10.5 Å². The average Bonchev–Trinajstić information content (AvgIpc) is 3.26. The number of nitrogens with two attached hydrogens (primary N) is 1. The minimum absolute atomic E-state index is 0.164. The van der Waals surface area contributed by atoms with Crippen molar-refractivity contribution in [1.82, 2.24) is 9.71 Å². The molecule has 3 aromatic rings. The molecule has 2 aromatic heterocycles. The monoisotopic (exact) mass is 550 g/mol. The fourth-order valence-electron chi connectivity index (χ4n) is 3.34. The molecule has 1 aromatic carbocycles. The predicted octanol–water partition coefficient (Wildman–Crippen LogP) is 4.95. The molecule has 4 N–H and O–H groups in total. The zero-order chi connectivity index (χ0) is 26.7. The van der Waals surface area contributed by atoms with Crippen LogP contribution in [0.5, 0.6) is 0 Å². The summed E-state index contributed by atoms with van der Waals surface area (Å²) in [6.07, 6.45) is 1.73. The van der Waals surface area contributed by atoms with E-state index in [0.29, 0.717) is 10.7 Å². The van der Waals surface area contributed by atoms with E-state index in [1.54, 1.807) is 45.2 Å². The molecule has 0 aliphatic rings. The van der Waals surface area contributed by atoms with Crippen LogP contribution < -0.4 is 15.2 Å². The number of aromatic nitrogens is 1. The van der Waals surface area contributed by atoms with Crippen molar-refractivity contribution in [2.75, 3.05) is 11.3 Å². The number of ether oxygens (including phenoxy) is 1. The molecule has 0 saturated heterocycles. The van der Waals surface area contributed by atoms with Gasteiger partial charge in [-0.05, 0) is 73.7 Å². The zero-order valence-corrected chi connectivity index (χ0v) is 23.2. The zero-order valence-electron chi connectivity index (χ0n) is 20.8. The van der Waals surface area contributed by atoms with Crippen LogP contribution in [0.15, 0.2) is 48.0 Å². The number of benzene rings is 1. The van der Waals surface area contributed by atoms with Crippen molar-refractivity contribution in [3.8, 4) is 21.6 Å². The highest BCUT2D eigenvalue weighted by molar-refractivity contribution is 7.90. The summed E-state index contributed by atoms with van der Waals surface area (Å²) in [5, 5.41) is 2.46. The number of halogens is 1. The van der Waals surface area contributed by atoms with E-state index in [1.807, 2.05) is 37.4 Å². The maximum absolute atomic E-state index is 12.1. The summed E-state index contributed by atoms with van der Waals surface area (Å²) in [5.41, 5.74) is 9.00. The number of nitrogens with zero attached hydrogens (tertiary/aromatic N) is 1. The number of rotatable bonds is 10. The highest BCUT2D eigenvalue weighted by atomic mass is 35.5. The van der Waals surface area contributed by atoms with Gasteiger partial charge in [0.2, 0.25) is 0 Å². The molecule has 0 aliphatic heterocycles. The first-order valence-corrected chi connectivity index (χ1v) is 14.1. The number of esters is 1. The van der Waals surface area contributed by atoms with E-state index in [0.717, 1.165) is 27.3 Å². The van der Waals surface area contributed by atoms with E-state index < -0.39 is 27.6 Å². The standard InChI is InChI=1S/C25H31ClN4O4S2/c1-15(2)29-36(32,33)30-19-6-7-20(21(26)12-19)22-10-18(13-35-22)17-8-9-28-23(11-17)25(4,5)14-34-24(31)16(3)27/h6-13,15-16,29-30H,14,27H2,1-5H3/t16-/m0/s1. The minimum atomic E-state index is -3.69. The van der Waals surface area contributed by atoms with Crippen LogP contribution in [0.1, 0.15) is 40.3 Å². The first-order chi connectivity index (χ1) is 16.8. The first kappa shape index (κ1) is 28.1. The smallest absolute Gasteiger partial charge is 0.322 e. The lowest BCUT2D eigenvalue weighted by molar-refractivity contribution is -0.146. The highest BCUT2D eigenvalue weighted by Gasteiger charge is 2.26. The van der Waals surface area contributed by atoms with Gasteiger partial charge in [-0.15, -0.1) is 11.3 Å². The lowest BCUT2D eigenvalue weighted by Gasteiger charge is -2.24. The summed E-state index contributed by atoms with van der Waals surface area (Å²) in [7, 11) is -3.69. The lowest BCUT2D eigenvalue weighted by atomic mass is 9.88. The Morgan fingerprint density at radius 3 is 2.53 bits per heavy atom. The number of hydrogen-bond donors (Lipinski definition) is 3. The molecule has 3 rings (SSSR count). The third-order valence-corrected chi connectivity index (χ3v) is 7.77. The molecule has 0 bridgehead atoms. The minimum Gasteiger partial charge on any atom is -0.464 e. The van der Waals surface area contributed by atoms with Gasteiger partial charge in [-0.2, -0.15) is 13.1 Å². The first-order valence-electron chi connectivity index (χ1n) is 11.3. The van der Waals surface area contributed by atoms with Gasteiger partial charge >= 0.3 is 5.97 Å². The maximum atomic E-state index is 12.1. The fraction of sp³-hybridized carbons (Fsp3) is 0.360. The largest absolute Gasteiger partial charge is 0.464 e. The van der Waals surface area contributed by atoms with Crippen LogP contribution in [-0.2, 0) is 25.2 Å². The van der Waals surface area contributed by atoms with E-state index in [9.17, 15) is 13.2 Å². The summed E-state index contributed by atoms with van der Waals surface area (Å²) < 4.78 is 34.6. The van der Waals surface area contributed by atoms with Gasteiger partial charge in [-0.1, -0.05) is 25.4 Å². The Morgan fingerprint density at radius 1 is 1.17 bits per heavy atom. The molecule has 1 atom stereocenters. The molecule has 0 radical (unpaired) electrons. The molecule has 2 heterocycles. The van der Waals surface area contributed by atoms with Crippen LogP contribution in [0.4, 0.5) is 5.69 Å². The maximum Gasteiger partial charge on any atom is 0.322 e. The Bertz CT molecular complexity index is 1340. The second-order valence-corrected chi connectivity index (χ2v) is 12.2. The van der Waals surface area contributed by atoms with Crippen LogP contribution in [-0.4, -0.2) is 38.1 Å². The molecule has 36 heavy (non-hydrogen) atoms. The number of hydrogen-bond acceptors (Lipinski definition) is 7. The van der Waals surface area contributed by atoms with Crippen molar-refractivity contribution in [2.24, 2.45) is 5.73 Å². The lowest BCUT2D eigenvalue weighted by Crippen LogP contribution is -2.35. The Morgan fingerprint density at radius 2 is 1.89 bits per heavy atom. The normalized spacial score (nSPS) is 13.0.